The third-order valence-corrected chi connectivity index (χ3v) is 3.24. The van der Waals surface area contributed by atoms with Crippen molar-refractivity contribution >= 4 is 0 Å². The Hall–Kier alpha value is -1.02. The number of hydrogen-bond acceptors (Lipinski definition) is 2. The molecule has 82 valence electrons. The Bertz CT molecular complexity index is 318. The molecule has 1 aromatic rings. The molecule has 2 heteroatoms. The average molecular weight is 205 g/mol. The first-order valence-electron chi connectivity index (χ1n) is 5.78. The number of phenols is 1. The number of nitrogens with one attached hydrogen (secondary N) is 1. The lowest BCUT2D eigenvalue weighted by molar-refractivity contribution is 0.470. The molecule has 15 heavy (non-hydrogen) atoms. The molecule has 0 radical (unpaired) electrons. The van der Waals surface area contributed by atoms with Crippen LogP contribution in [0.4, 0.5) is 0 Å². The third kappa shape index (κ3) is 2.72. The Balaban J connectivity index is 1.97. The van der Waals surface area contributed by atoms with E-state index in [1.54, 1.807) is 6.07 Å². The van der Waals surface area contributed by atoms with E-state index in [1.807, 2.05) is 12.1 Å². The van der Waals surface area contributed by atoms with E-state index in [0.717, 1.165) is 6.54 Å². The van der Waals surface area contributed by atoms with Gasteiger partial charge in [-0.25, -0.2) is 0 Å². The molecule has 2 atom stereocenters. The van der Waals surface area contributed by atoms with E-state index >= 15 is 0 Å². The highest BCUT2D eigenvalue weighted by Gasteiger charge is 2.17. The SMILES string of the molecule is CC(CC1CCCN1)c1cccc(O)c1. The quantitative estimate of drug-likeness (QED) is 0.795. The summed E-state index contributed by atoms with van der Waals surface area (Å²) < 4.78 is 0. The fraction of sp³-hybridized carbons (Fsp3) is 0.538. The van der Waals surface area contributed by atoms with Crippen molar-refractivity contribution in [3.63, 3.8) is 0 Å². The first-order chi connectivity index (χ1) is 7.25. The van der Waals surface area contributed by atoms with Gasteiger partial charge in [-0.2, -0.15) is 0 Å². The molecule has 1 aromatic carbocycles. The molecule has 0 aliphatic carbocycles. The van der Waals surface area contributed by atoms with Crippen LogP contribution in [-0.2, 0) is 0 Å². The summed E-state index contributed by atoms with van der Waals surface area (Å²) in [6, 6.07) is 8.29. The highest BCUT2D eigenvalue weighted by atomic mass is 16.3. The van der Waals surface area contributed by atoms with Crippen molar-refractivity contribution in [1.82, 2.24) is 5.32 Å². The van der Waals surface area contributed by atoms with Gasteiger partial charge in [-0.3, -0.25) is 0 Å². The van der Waals surface area contributed by atoms with Gasteiger partial charge in [-0.05, 0) is 49.4 Å². The Kier molecular flexibility index (Phi) is 3.27. The molecule has 0 amide bonds. The molecule has 2 unspecified atom stereocenters. The Morgan fingerprint density at radius 3 is 3.07 bits per heavy atom. The lowest BCUT2D eigenvalue weighted by Gasteiger charge is -2.17. The van der Waals surface area contributed by atoms with Gasteiger partial charge in [0.15, 0.2) is 0 Å². The number of benzene rings is 1. The topological polar surface area (TPSA) is 32.3 Å². The van der Waals surface area contributed by atoms with E-state index in [9.17, 15) is 5.11 Å². The standard InChI is InChI=1S/C13H19NO/c1-10(8-12-5-3-7-14-12)11-4-2-6-13(15)9-11/h2,4,6,9-10,12,14-15H,3,5,7-8H2,1H3. The molecule has 1 aliphatic rings. The molecule has 0 aromatic heterocycles. The Morgan fingerprint density at radius 2 is 2.40 bits per heavy atom. The highest BCUT2D eigenvalue weighted by Crippen LogP contribution is 2.25. The predicted molar refractivity (Wildman–Crippen MR) is 62.2 cm³/mol. The second kappa shape index (κ2) is 4.67. The summed E-state index contributed by atoms with van der Waals surface area (Å²) in [6.45, 7) is 3.40. The zero-order chi connectivity index (χ0) is 10.7. The summed E-state index contributed by atoms with van der Waals surface area (Å²) in [5, 5.41) is 12.9. The van der Waals surface area contributed by atoms with Gasteiger partial charge in [0, 0.05) is 6.04 Å². The van der Waals surface area contributed by atoms with Crippen LogP contribution in [0.25, 0.3) is 0 Å². The zero-order valence-electron chi connectivity index (χ0n) is 9.24. The molecular weight excluding hydrogens is 186 g/mol. The van der Waals surface area contributed by atoms with Crippen LogP contribution in [0, 0.1) is 0 Å². The van der Waals surface area contributed by atoms with Crippen molar-refractivity contribution in [2.75, 3.05) is 6.54 Å². The summed E-state index contributed by atoms with van der Waals surface area (Å²) >= 11 is 0. The highest BCUT2D eigenvalue weighted by molar-refractivity contribution is 5.29. The predicted octanol–water partition coefficient (Wildman–Crippen LogP) is 2.64. The van der Waals surface area contributed by atoms with Crippen molar-refractivity contribution in [3.05, 3.63) is 29.8 Å². The molecule has 0 spiro atoms. The van der Waals surface area contributed by atoms with Gasteiger partial charge in [-0.1, -0.05) is 19.1 Å². The van der Waals surface area contributed by atoms with Gasteiger partial charge in [0.1, 0.15) is 5.75 Å². The first-order valence-corrected chi connectivity index (χ1v) is 5.78. The first kappa shape index (κ1) is 10.5. The van der Waals surface area contributed by atoms with Crippen LogP contribution in [0.3, 0.4) is 0 Å². The van der Waals surface area contributed by atoms with Crippen LogP contribution in [0.15, 0.2) is 24.3 Å². The van der Waals surface area contributed by atoms with Gasteiger partial charge in [0.2, 0.25) is 0 Å². The van der Waals surface area contributed by atoms with E-state index in [1.165, 1.54) is 24.8 Å². The summed E-state index contributed by atoms with van der Waals surface area (Å²) in [7, 11) is 0. The maximum Gasteiger partial charge on any atom is 0.115 e. The summed E-state index contributed by atoms with van der Waals surface area (Å²) in [6.07, 6.45) is 3.77. The second-order valence-electron chi connectivity index (χ2n) is 4.53. The molecule has 0 bridgehead atoms. The minimum absolute atomic E-state index is 0.374. The van der Waals surface area contributed by atoms with Crippen molar-refractivity contribution < 1.29 is 5.11 Å². The lowest BCUT2D eigenvalue weighted by atomic mass is 9.93. The summed E-state index contributed by atoms with van der Waals surface area (Å²) in [5.74, 6) is 0.895. The largest absolute Gasteiger partial charge is 0.508 e. The lowest BCUT2D eigenvalue weighted by Crippen LogP contribution is -2.22. The maximum absolute atomic E-state index is 9.41. The number of phenolic OH excluding ortho intramolecular Hbond substituents is 1. The van der Waals surface area contributed by atoms with Crippen molar-refractivity contribution in [3.8, 4) is 5.75 Å². The molecule has 1 aliphatic heterocycles. The smallest absolute Gasteiger partial charge is 0.115 e. The van der Waals surface area contributed by atoms with Crippen LogP contribution >= 0.6 is 0 Å². The van der Waals surface area contributed by atoms with Gasteiger partial charge in [-0.15, -0.1) is 0 Å². The molecular formula is C13H19NO. The van der Waals surface area contributed by atoms with Crippen LogP contribution in [0.2, 0.25) is 0 Å². The van der Waals surface area contributed by atoms with Crippen LogP contribution in [0.5, 0.6) is 5.75 Å². The molecule has 1 saturated heterocycles. The van der Waals surface area contributed by atoms with Gasteiger partial charge in [0.05, 0.1) is 0 Å². The van der Waals surface area contributed by atoms with E-state index < -0.39 is 0 Å². The average Bonchev–Trinajstić information content (AvgIpc) is 2.70. The molecule has 1 fully saturated rings. The molecule has 2 rings (SSSR count). The van der Waals surface area contributed by atoms with E-state index in [4.69, 9.17) is 0 Å². The fourth-order valence-electron chi connectivity index (χ4n) is 2.35. The van der Waals surface area contributed by atoms with E-state index in [0.29, 0.717) is 17.7 Å². The van der Waals surface area contributed by atoms with E-state index in [2.05, 4.69) is 18.3 Å². The Labute approximate surface area is 91.3 Å². The molecule has 0 saturated carbocycles. The molecule has 2 N–H and O–H groups in total. The van der Waals surface area contributed by atoms with Crippen molar-refractivity contribution in [2.24, 2.45) is 0 Å². The van der Waals surface area contributed by atoms with Crippen LogP contribution in [-0.4, -0.2) is 17.7 Å². The Morgan fingerprint density at radius 1 is 1.53 bits per heavy atom. The van der Waals surface area contributed by atoms with Crippen LogP contribution < -0.4 is 5.32 Å². The van der Waals surface area contributed by atoms with Crippen molar-refractivity contribution in [2.45, 2.75) is 38.1 Å². The van der Waals surface area contributed by atoms with Gasteiger partial charge in [0.25, 0.3) is 0 Å². The minimum atomic E-state index is 0.374. The molecule has 1 heterocycles. The third-order valence-electron chi connectivity index (χ3n) is 3.24. The monoisotopic (exact) mass is 205 g/mol. The minimum Gasteiger partial charge on any atom is -0.508 e. The van der Waals surface area contributed by atoms with Gasteiger partial charge >= 0.3 is 0 Å². The maximum atomic E-state index is 9.41. The van der Waals surface area contributed by atoms with Crippen LogP contribution in [0.1, 0.15) is 37.7 Å². The zero-order valence-corrected chi connectivity index (χ0v) is 9.24. The number of rotatable bonds is 3. The summed E-state index contributed by atoms with van der Waals surface area (Å²) in [5.41, 5.74) is 1.24. The normalized spacial score (nSPS) is 22.9. The number of aromatic hydroxyl groups is 1. The number of hydrogen-bond donors (Lipinski definition) is 2. The second-order valence-corrected chi connectivity index (χ2v) is 4.53. The fourth-order valence-corrected chi connectivity index (χ4v) is 2.35. The van der Waals surface area contributed by atoms with Gasteiger partial charge < -0.3 is 10.4 Å². The van der Waals surface area contributed by atoms with Crippen molar-refractivity contribution in [1.29, 1.82) is 0 Å². The van der Waals surface area contributed by atoms with E-state index in [-0.39, 0.29) is 0 Å². The molecule has 2 nitrogen and oxygen atoms in total. The summed E-state index contributed by atoms with van der Waals surface area (Å²) in [4.78, 5) is 0.